The molecule has 1 aromatic heterocycles. The van der Waals surface area contributed by atoms with Crippen molar-refractivity contribution in [2.75, 3.05) is 31.6 Å². The van der Waals surface area contributed by atoms with Crippen LogP contribution in [0, 0.1) is 15.9 Å². The number of fused-ring (bicyclic) bond motifs is 1. The third-order valence-electron chi connectivity index (χ3n) is 5.42. The Morgan fingerprint density at radius 3 is 2.89 bits per heavy atom. The molecule has 0 saturated carbocycles. The van der Waals surface area contributed by atoms with Gasteiger partial charge in [-0.2, -0.15) is 0 Å². The number of nitro benzene ring substituents is 1. The Bertz CT molecular complexity index is 1260. The molecule has 2 aromatic carbocycles. The fourth-order valence-corrected chi connectivity index (χ4v) is 4.02. The molecule has 0 radical (unpaired) electrons. The lowest BCUT2D eigenvalue weighted by atomic mass is 10.2. The Kier molecular flexibility index (Phi) is 7.57. The van der Waals surface area contributed by atoms with Crippen LogP contribution < -0.4 is 10.1 Å². The van der Waals surface area contributed by atoms with Gasteiger partial charge in [0.1, 0.15) is 24.1 Å². The van der Waals surface area contributed by atoms with Crippen LogP contribution in [0.1, 0.15) is 19.8 Å². The number of halogens is 2. The number of hydrogen-bond acceptors (Lipinski definition) is 9. The second kappa shape index (κ2) is 10.8. The second-order valence-electron chi connectivity index (χ2n) is 8.16. The normalized spacial score (nSPS) is 16.2. The Labute approximate surface area is 205 Å². The van der Waals surface area contributed by atoms with Crippen LogP contribution in [0.15, 0.2) is 36.7 Å². The van der Waals surface area contributed by atoms with Crippen molar-refractivity contribution in [2.45, 2.75) is 25.9 Å². The van der Waals surface area contributed by atoms with E-state index < -0.39 is 10.7 Å². The number of ether oxygens (including phenoxy) is 2. The molecule has 1 N–H and O–H groups in total. The van der Waals surface area contributed by atoms with Gasteiger partial charge in [0.05, 0.1) is 34.0 Å². The van der Waals surface area contributed by atoms with Gasteiger partial charge in [-0.15, -0.1) is 0 Å². The zero-order valence-corrected chi connectivity index (χ0v) is 19.6. The standard InChI is InChI=1S/C23H23ClFN5O5/c1-14-11-29(12-22(31)35-14)6-2-3-7-34-21-10-19-16(9-20(21)30(32)33)23(27-13-26-19)28-15-4-5-18(25)17(24)8-15/h4-5,8-10,13-14H,2-3,6-7,11-12H2,1H3,(H,26,27,28)/t14-/m0/s1. The van der Waals surface area contributed by atoms with Crippen LogP contribution in [0.4, 0.5) is 21.6 Å². The van der Waals surface area contributed by atoms with Gasteiger partial charge in [-0.1, -0.05) is 11.6 Å². The van der Waals surface area contributed by atoms with Crippen molar-refractivity contribution in [1.29, 1.82) is 0 Å². The highest BCUT2D eigenvalue weighted by Crippen LogP contribution is 2.35. The molecule has 2 heterocycles. The van der Waals surface area contributed by atoms with Crippen molar-refractivity contribution in [2.24, 2.45) is 0 Å². The molecular formula is C23H23ClFN5O5. The van der Waals surface area contributed by atoms with Crippen LogP contribution in [0.3, 0.4) is 0 Å². The van der Waals surface area contributed by atoms with E-state index in [0.29, 0.717) is 41.9 Å². The number of morpholine rings is 1. The van der Waals surface area contributed by atoms with E-state index in [9.17, 15) is 19.3 Å². The third-order valence-corrected chi connectivity index (χ3v) is 5.71. The highest BCUT2D eigenvalue weighted by atomic mass is 35.5. The summed E-state index contributed by atoms with van der Waals surface area (Å²) >= 11 is 5.84. The summed E-state index contributed by atoms with van der Waals surface area (Å²) in [7, 11) is 0. The molecule has 1 fully saturated rings. The summed E-state index contributed by atoms with van der Waals surface area (Å²) in [6.07, 6.45) is 2.60. The van der Waals surface area contributed by atoms with E-state index in [0.717, 1.165) is 6.42 Å². The molecule has 1 aliphatic rings. The monoisotopic (exact) mass is 503 g/mol. The average Bonchev–Trinajstić information content (AvgIpc) is 2.80. The number of aromatic nitrogens is 2. The molecule has 0 amide bonds. The summed E-state index contributed by atoms with van der Waals surface area (Å²) in [5, 5.41) is 15.1. The van der Waals surface area contributed by atoms with Crippen LogP contribution in [0.2, 0.25) is 5.02 Å². The van der Waals surface area contributed by atoms with Gasteiger partial charge in [-0.25, -0.2) is 14.4 Å². The summed E-state index contributed by atoms with van der Waals surface area (Å²) in [4.78, 5) is 33.1. The van der Waals surface area contributed by atoms with E-state index in [1.165, 1.54) is 36.7 Å². The number of carbonyl (C=O) groups is 1. The summed E-state index contributed by atoms with van der Waals surface area (Å²) < 4.78 is 24.3. The molecule has 3 aromatic rings. The molecule has 35 heavy (non-hydrogen) atoms. The molecule has 1 saturated heterocycles. The number of hydrogen-bond donors (Lipinski definition) is 1. The highest BCUT2D eigenvalue weighted by molar-refractivity contribution is 6.31. The smallest absolute Gasteiger partial charge is 0.320 e. The van der Waals surface area contributed by atoms with Gasteiger partial charge in [0.15, 0.2) is 5.75 Å². The number of carbonyl (C=O) groups excluding carboxylic acids is 1. The van der Waals surface area contributed by atoms with E-state index >= 15 is 0 Å². The quantitative estimate of drug-likeness (QED) is 0.195. The average molecular weight is 504 g/mol. The molecule has 1 atom stereocenters. The first-order chi connectivity index (χ1) is 16.8. The summed E-state index contributed by atoms with van der Waals surface area (Å²) in [5.41, 5.74) is 0.688. The van der Waals surface area contributed by atoms with Gasteiger partial charge >= 0.3 is 11.7 Å². The number of anilines is 2. The number of unbranched alkanes of at least 4 members (excludes halogenated alkanes) is 1. The molecule has 12 heteroatoms. The van der Waals surface area contributed by atoms with Crippen LogP contribution in [0.25, 0.3) is 10.9 Å². The third kappa shape index (κ3) is 6.11. The minimum atomic E-state index is -0.560. The van der Waals surface area contributed by atoms with Gasteiger partial charge < -0.3 is 14.8 Å². The van der Waals surface area contributed by atoms with Crippen LogP contribution in [0.5, 0.6) is 5.75 Å². The first kappa shape index (κ1) is 24.6. The first-order valence-corrected chi connectivity index (χ1v) is 11.4. The Morgan fingerprint density at radius 1 is 1.31 bits per heavy atom. The maximum absolute atomic E-state index is 13.5. The predicted molar refractivity (Wildman–Crippen MR) is 128 cm³/mol. The highest BCUT2D eigenvalue weighted by Gasteiger charge is 2.23. The molecule has 0 bridgehead atoms. The summed E-state index contributed by atoms with van der Waals surface area (Å²) in [6, 6.07) is 6.93. The van der Waals surface area contributed by atoms with Crippen molar-refractivity contribution in [3.05, 3.63) is 57.6 Å². The largest absolute Gasteiger partial charge is 0.487 e. The lowest BCUT2D eigenvalue weighted by molar-refractivity contribution is -0.385. The topological polar surface area (TPSA) is 120 Å². The molecule has 0 unspecified atom stereocenters. The number of nitrogens with one attached hydrogen (secondary N) is 1. The van der Waals surface area contributed by atoms with E-state index in [2.05, 4.69) is 15.3 Å². The Hall–Kier alpha value is -3.57. The fraction of sp³-hybridized carbons (Fsp3) is 0.348. The molecule has 4 rings (SSSR count). The first-order valence-electron chi connectivity index (χ1n) is 11.0. The van der Waals surface area contributed by atoms with Crippen LogP contribution >= 0.6 is 11.6 Å². The Morgan fingerprint density at radius 2 is 2.14 bits per heavy atom. The van der Waals surface area contributed by atoms with E-state index in [1.54, 1.807) is 0 Å². The number of nitrogens with zero attached hydrogens (tertiary/aromatic N) is 4. The molecule has 10 nitrogen and oxygen atoms in total. The second-order valence-corrected chi connectivity index (χ2v) is 8.57. The van der Waals surface area contributed by atoms with Crippen LogP contribution in [-0.2, 0) is 9.53 Å². The molecule has 0 aliphatic carbocycles. The van der Waals surface area contributed by atoms with Crippen molar-refractivity contribution in [3.8, 4) is 5.75 Å². The molecule has 1 aliphatic heterocycles. The van der Waals surface area contributed by atoms with Gasteiger partial charge in [0.25, 0.3) is 0 Å². The van der Waals surface area contributed by atoms with Gasteiger partial charge in [0, 0.05) is 24.4 Å². The fourth-order valence-electron chi connectivity index (χ4n) is 3.84. The number of rotatable bonds is 9. The van der Waals surface area contributed by atoms with Crippen molar-refractivity contribution in [1.82, 2.24) is 14.9 Å². The van der Waals surface area contributed by atoms with Gasteiger partial charge in [-0.05, 0) is 44.5 Å². The number of benzene rings is 2. The van der Waals surface area contributed by atoms with Gasteiger partial charge in [-0.3, -0.25) is 19.8 Å². The maximum Gasteiger partial charge on any atom is 0.320 e. The van der Waals surface area contributed by atoms with E-state index in [-0.39, 0.29) is 41.7 Å². The zero-order chi connectivity index (χ0) is 24.9. The van der Waals surface area contributed by atoms with Crippen molar-refractivity contribution >= 4 is 45.7 Å². The zero-order valence-electron chi connectivity index (χ0n) is 18.9. The molecular weight excluding hydrogens is 481 g/mol. The van der Waals surface area contributed by atoms with Crippen molar-refractivity contribution in [3.63, 3.8) is 0 Å². The molecule has 0 spiro atoms. The van der Waals surface area contributed by atoms with E-state index in [4.69, 9.17) is 21.1 Å². The molecule has 184 valence electrons. The predicted octanol–water partition coefficient (Wildman–Crippen LogP) is 4.48. The minimum Gasteiger partial charge on any atom is -0.487 e. The summed E-state index contributed by atoms with van der Waals surface area (Å²) in [5.74, 6) is -0.380. The number of nitro groups is 1. The van der Waals surface area contributed by atoms with Gasteiger partial charge in [0.2, 0.25) is 0 Å². The van der Waals surface area contributed by atoms with E-state index in [1.807, 2.05) is 11.8 Å². The van der Waals surface area contributed by atoms with Crippen molar-refractivity contribution < 1.29 is 23.6 Å². The Balaban J connectivity index is 1.44. The maximum atomic E-state index is 13.5. The summed E-state index contributed by atoms with van der Waals surface area (Å²) in [6.45, 7) is 3.78. The minimum absolute atomic E-state index is 0.0650. The number of cyclic esters (lactones) is 1. The number of esters is 1. The lowest BCUT2D eigenvalue weighted by Crippen LogP contribution is -2.44. The lowest BCUT2D eigenvalue weighted by Gasteiger charge is -2.30. The SMILES string of the molecule is C[C@H]1CN(CCCCOc2cc3ncnc(Nc4ccc(F)c(Cl)c4)c3cc2[N+](=O)[O-])CC(=O)O1. The van der Waals surface area contributed by atoms with Crippen LogP contribution in [-0.4, -0.2) is 58.1 Å².